The minimum absolute atomic E-state index is 0.0743. The second-order valence-corrected chi connectivity index (χ2v) is 8.35. The van der Waals surface area contributed by atoms with Crippen LogP contribution >= 0.6 is 0 Å². The summed E-state index contributed by atoms with van der Waals surface area (Å²) in [5.41, 5.74) is 0.0689. The number of hydrazone groups is 1. The molecule has 3 fully saturated rings. The van der Waals surface area contributed by atoms with Crippen molar-refractivity contribution in [1.82, 2.24) is 15.0 Å². The number of rotatable bonds is 5. The molecule has 30 heavy (non-hydrogen) atoms. The molecule has 3 saturated carbocycles. The van der Waals surface area contributed by atoms with Crippen LogP contribution < -0.4 is 4.74 Å². The SMILES string of the molecule is N#Cc1cnc(OCC23CC(C(=O)N4N=CC[C@@H]4c4cc(F)cc(F)c4)(C2)C3)cn1. The molecule has 152 valence electrons. The lowest BCUT2D eigenvalue weighted by Gasteiger charge is -2.69. The summed E-state index contributed by atoms with van der Waals surface area (Å²) < 4.78 is 32.9. The van der Waals surface area contributed by atoms with Gasteiger partial charge in [-0.3, -0.25) is 4.79 Å². The van der Waals surface area contributed by atoms with Crippen molar-refractivity contribution in [3.05, 3.63) is 53.5 Å². The quantitative estimate of drug-likeness (QED) is 0.757. The van der Waals surface area contributed by atoms with Crippen LogP contribution in [0.3, 0.4) is 0 Å². The molecule has 0 unspecified atom stereocenters. The van der Waals surface area contributed by atoms with Gasteiger partial charge in [-0.2, -0.15) is 10.4 Å². The molecule has 1 aromatic heterocycles. The molecule has 0 saturated heterocycles. The summed E-state index contributed by atoms with van der Waals surface area (Å²) in [5.74, 6) is -1.10. The van der Waals surface area contributed by atoms with Gasteiger partial charge in [0.2, 0.25) is 11.8 Å². The molecule has 2 bridgehead atoms. The van der Waals surface area contributed by atoms with Crippen molar-refractivity contribution in [2.75, 3.05) is 6.61 Å². The van der Waals surface area contributed by atoms with E-state index in [1.165, 1.54) is 29.5 Å². The summed E-state index contributed by atoms with van der Waals surface area (Å²) in [4.78, 5) is 21.1. The normalized spacial score (nSPS) is 28.4. The Morgan fingerprint density at radius 3 is 2.57 bits per heavy atom. The number of carbonyl (C=O) groups excluding carboxylic acids is 1. The number of hydrogen-bond acceptors (Lipinski definition) is 6. The fraction of sp³-hybridized carbons (Fsp3) is 0.381. The Labute approximate surface area is 171 Å². The van der Waals surface area contributed by atoms with Gasteiger partial charge >= 0.3 is 0 Å². The van der Waals surface area contributed by atoms with Crippen molar-refractivity contribution in [2.24, 2.45) is 15.9 Å². The van der Waals surface area contributed by atoms with Gasteiger partial charge in [-0.1, -0.05) is 0 Å². The zero-order valence-corrected chi connectivity index (χ0v) is 15.9. The van der Waals surface area contributed by atoms with E-state index in [0.717, 1.165) is 6.07 Å². The molecule has 0 spiro atoms. The van der Waals surface area contributed by atoms with Crippen molar-refractivity contribution < 1.29 is 18.3 Å². The molecule has 6 rings (SSSR count). The molecule has 3 aliphatic carbocycles. The minimum Gasteiger partial charge on any atom is -0.476 e. The van der Waals surface area contributed by atoms with Crippen LogP contribution in [0.5, 0.6) is 5.88 Å². The van der Waals surface area contributed by atoms with E-state index in [4.69, 9.17) is 10.00 Å². The molecule has 1 amide bonds. The predicted octanol–water partition coefficient (Wildman–Crippen LogP) is 3.13. The molecule has 0 N–H and O–H groups in total. The van der Waals surface area contributed by atoms with Crippen LogP contribution in [0.15, 0.2) is 35.7 Å². The number of amides is 1. The van der Waals surface area contributed by atoms with E-state index in [2.05, 4.69) is 15.1 Å². The number of benzene rings is 1. The summed E-state index contributed by atoms with van der Waals surface area (Å²) in [6.45, 7) is 0.421. The van der Waals surface area contributed by atoms with E-state index >= 15 is 0 Å². The van der Waals surface area contributed by atoms with E-state index in [0.29, 0.717) is 43.7 Å². The Balaban J connectivity index is 1.22. The molecule has 9 heteroatoms. The Hall–Kier alpha value is -3.41. The number of aromatic nitrogens is 2. The number of nitrogens with zero attached hydrogens (tertiary/aromatic N) is 5. The zero-order chi connectivity index (χ0) is 20.9. The first-order chi connectivity index (χ1) is 14.4. The van der Waals surface area contributed by atoms with E-state index in [-0.39, 0.29) is 17.0 Å². The molecule has 7 nitrogen and oxygen atoms in total. The van der Waals surface area contributed by atoms with Gasteiger partial charge in [0.25, 0.3) is 0 Å². The average Bonchev–Trinajstić information content (AvgIpc) is 3.15. The first-order valence-corrected chi connectivity index (χ1v) is 9.59. The molecule has 1 atom stereocenters. The lowest BCUT2D eigenvalue weighted by Crippen LogP contribution is -2.69. The van der Waals surface area contributed by atoms with Crippen molar-refractivity contribution in [3.8, 4) is 11.9 Å². The second kappa shape index (κ2) is 6.55. The predicted molar refractivity (Wildman–Crippen MR) is 100 cm³/mol. The highest BCUT2D eigenvalue weighted by Gasteiger charge is 2.73. The fourth-order valence-corrected chi connectivity index (χ4v) is 4.95. The molecule has 4 aliphatic rings. The summed E-state index contributed by atoms with van der Waals surface area (Å²) in [6, 6.07) is 4.72. The highest BCUT2D eigenvalue weighted by molar-refractivity contribution is 5.88. The average molecular weight is 409 g/mol. The van der Waals surface area contributed by atoms with Gasteiger partial charge in [-0.05, 0) is 37.0 Å². The number of carbonyl (C=O) groups is 1. The largest absolute Gasteiger partial charge is 0.476 e. The molecule has 0 radical (unpaired) electrons. The molecular weight excluding hydrogens is 392 g/mol. The van der Waals surface area contributed by atoms with Crippen LogP contribution in [0.1, 0.15) is 43.0 Å². The molecule has 1 aromatic carbocycles. The van der Waals surface area contributed by atoms with Gasteiger partial charge in [-0.25, -0.2) is 23.8 Å². The Kier molecular flexibility index (Phi) is 4.07. The summed E-state index contributed by atoms with van der Waals surface area (Å²) in [5, 5.41) is 14.3. The monoisotopic (exact) mass is 409 g/mol. The van der Waals surface area contributed by atoms with Crippen molar-refractivity contribution in [2.45, 2.75) is 31.7 Å². The van der Waals surface area contributed by atoms with Gasteiger partial charge in [0.1, 0.15) is 17.7 Å². The van der Waals surface area contributed by atoms with Gasteiger partial charge in [0, 0.05) is 24.1 Å². The maximum absolute atomic E-state index is 13.6. The third kappa shape index (κ3) is 2.91. The van der Waals surface area contributed by atoms with Crippen molar-refractivity contribution >= 4 is 12.1 Å². The highest BCUT2D eigenvalue weighted by atomic mass is 19.1. The standard InChI is InChI=1S/C21H17F2N5O2/c22-14-3-13(4-15(23)5-14)17-1-2-27-28(17)19(29)21-9-20(10-21,11-21)12-30-18-8-25-16(6-24)7-26-18/h2-5,7-8,17H,1,9-12H2/t17-,20?,21?/m1/s1. The first-order valence-electron chi connectivity index (χ1n) is 9.59. The van der Waals surface area contributed by atoms with Crippen LogP contribution in [0.2, 0.25) is 0 Å². The van der Waals surface area contributed by atoms with Gasteiger partial charge in [0.05, 0.1) is 30.5 Å². The van der Waals surface area contributed by atoms with E-state index in [1.54, 1.807) is 6.21 Å². The second-order valence-electron chi connectivity index (χ2n) is 8.35. The van der Waals surface area contributed by atoms with Crippen molar-refractivity contribution in [3.63, 3.8) is 0 Å². The summed E-state index contributed by atoms with van der Waals surface area (Å²) >= 11 is 0. The van der Waals surface area contributed by atoms with Crippen molar-refractivity contribution in [1.29, 1.82) is 5.26 Å². The zero-order valence-electron chi connectivity index (χ0n) is 15.9. The van der Waals surface area contributed by atoms with Gasteiger partial charge < -0.3 is 4.74 Å². The number of nitriles is 1. The van der Waals surface area contributed by atoms with Crippen LogP contribution in [0, 0.1) is 33.8 Å². The maximum Gasteiger partial charge on any atom is 0.249 e. The van der Waals surface area contributed by atoms with Crippen LogP contribution in [0.4, 0.5) is 8.78 Å². The molecule has 1 aliphatic heterocycles. The third-order valence-electron chi connectivity index (χ3n) is 6.17. The summed E-state index contributed by atoms with van der Waals surface area (Å²) in [7, 11) is 0. The molecular formula is C21H17F2N5O2. The number of ether oxygens (including phenoxy) is 1. The lowest BCUT2D eigenvalue weighted by molar-refractivity contribution is -0.227. The smallest absolute Gasteiger partial charge is 0.249 e. The van der Waals surface area contributed by atoms with Gasteiger partial charge in [0.15, 0.2) is 5.69 Å². The Bertz CT molecular complexity index is 1060. The topological polar surface area (TPSA) is 91.5 Å². The number of hydrogen-bond donors (Lipinski definition) is 0. The Morgan fingerprint density at radius 2 is 1.93 bits per heavy atom. The molecule has 2 aromatic rings. The van der Waals surface area contributed by atoms with E-state index in [9.17, 15) is 13.6 Å². The Morgan fingerprint density at radius 1 is 1.20 bits per heavy atom. The van der Waals surface area contributed by atoms with Gasteiger partial charge in [-0.15, -0.1) is 0 Å². The minimum atomic E-state index is -0.670. The highest BCUT2D eigenvalue weighted by Crippen LogP contribution is 2.74. The maximum atomic E-state index is 13.6. The van der Waals surface area contributed by atoms with E-state index in [1.807, 2.05) is 6.07 Å². The summed E-state index contributed by atoms with van der Waals surface area (Å²) in [6.07, 6.45) is 6.84. The fourth-order valence-electron chi connectivity index (χ4n) is 4.95. The van der Waals surface area contributed by atoms with E-state index < -0.39 is 23.1 Å². The van der Waals surface area contributed by atoms with Crippen LogP contribution in [0.25, 0.3) is 0 Å². The lowest BCUT2D eigenvalue weighted by atomic mass is 9.35. The first kappa shape index (κ1) is 18.6. The third-order valence-corrected chi connectivity index (χ3v) is 6.17. The number of halogens is 2. The molecule has 2 heterocycles. The van der Waals surface area contributed by atoms with Crippen LogP contribution in [-0.4, -0.2) is 33.7 Å². The van der Waals surface area contributed by atoms with Crippen LogP contribution in [-0.2, 0) is 4.79 Å².